The van der Waals surface area contributed by atoms with Gasteiger partial charge in [0, 0.05) is 19.8 Å². The Morgan fingerprint density at radius 1 is 1.44 bits per heavy atom. The van der Waals surface area contributed by atoms with Crippen LogP contribution in [0.25, 0.3) is 0 Å². The van der Waals surface area contributed by atoms with Crippen molar-refractivity contribution in [3.63, 3.8) is 0 Å². The van der Waals surface area contributed by atoms with Crippen LogP contribution in [0.15, 0.2) is 12.3 Å². The largest absolute Gasteiger partial charge is 0.390 e. The highest BCUT2D eigenvalue weighted by atomic mass is 35.5. The van der Waals surface area contributed by atoms with Crippen molar-refractivity contribution in [3.8, 4) is 0 Å². The zero-order valence-corrected chi connectivity index (χ0v) is 10.8. The monoisotopic (exact) mass is 300 g/mol. The van der Waals surface area contributed by atoms with Crippen LogP contribution in [-0.2, 0) is 0 Å². The van der Waals surface area contributed by atoms with E-state index in [1.165, 1.54) is 19.3 Å². The summed E-state index contributed by atoms with van der Waals surface area (Å²) in [5, 5.41) is 0.0928. The number of halogens is 5. The number of nitrogens with zero attached hydrogens (tertiary/aromatic N) is 2. The zero-order valence-electron chi connectivity index (χ0n) is 9.26. The van der Waals surface area contributed by atoms with E-state index in [2.05, 4.69) is 4.98 Å². The molecular weight excluding hydrogens is 292 g/mol. The average Bonchev–Trinajstić information content (AvgIpc) is 2.27. The molecule has 18 heavy (non-hydrogen) atoms. The first-order valence-corrected chi connectivity index (χ1v) is 5.59. The SMILES string of the molecule is CN(CCC(F)(F)F)C(=O)c1cc(Cl)ncc1Cl. The normalized spacial score (nSPS) is 11.4. The maximum absolute atomic E-state index is 12.0. The summed E-state index contributed by atoms with van der Waals surface area (Å²) in [6, 6.07) is 1.22. The third-order valence-electron chi connectivity index (χ3n) is 2.13. The number of carbonyl (C=O) groups is 1. The van der Waals surface area contributed by atoms with Gasteiger partial charge in [-0.2, -0.15) is 13.2 Å². The molecule has 8 heteroatoms. The van der Waals surface area contributed by atoms with E-state index in [1.54, 1.807) is 0 Å². The van der Waals surface area contributed by atoms with Gasteiger partial charge in [-0.25, -0.2) is 4.98 Å². The van der Waals surface area contributed by atoms with E-state index < -0.39 is 25.0 Å². The fourth-order valence-electron chi connectivity index (χ4n) is 1.18. The molecule has 100 valence electrons. The number of pyridine rings is 1. The number of aromatic nitrogens is 1. The summed E-state index contributed by atoms with van der Waals surface area (Å²) in [7, 11) is 1.26. The number of hydrogen-bond acceptors (Lipinski definition) is 2. The number of amides is 1. The smallest absolute Gasteiger partial charge is 0.341 e. The molecule has 1 aromatic rings. The van der Waals surface area contributed by atoms with E-state index in [0.717, 1.165) is 4.90 Å². The number of hydrogen-bond donors (Lipinski definition) is 0. The summed E-state index contributed by atoms with van der Waals surface area (Å²) in [6.07, 6.45) is -4.21. The molecule has 1 heterocycles. The molecule has 0 saturated heterocycles. The lowest BCUT2D eigenvalue weighted by molar-refractivity contribution is -0.136. The van der Waals surface area contributed by atoms with Crippen molar-refractivity contribution in [2.75, 3.05) is 13.6 Å². The van der Waals surface area contributed by atoms with Crippen molar-refractivity contribution >= 4 is 29.1 Å². The lowest BCUT2D eigenvalue weighted by Gasteiger charge is -2.18. The first kappa shape index (κ1) is 15.0. The fourth-order valence-corrected chi connectivity index (χ4v) is 1.52. The van der Waals surface area contributed by atoms with Gasteiger partial charge in [-0.3, -0.25) is 4.79 Å². The molecule has 0 saturated carbocycles. The molecule has 1 aromatic heterocycles. The lowest BCUT2D eigenvalue weighted by atomic mass is 10.2. The van der Waals surface area contributed by atoms with Crippen LogP contribution in [0, 0.1) is 0 Å². The minimum atomic E-state index is -4.31. The van der Waals surface area contributed by atoms with E-state index in [-0.39, 0.29) is 15.7 Å². The number of rotatable bonds is 3. The van der Waals surface area contributed by atoms with Crippen LogP contribution in [-0.4, -0.2) is 35.6 Å². The Labute approximate surface area is 112 Å². The van der Waals surface area contributed by atoms with Gasteiger partial charge in [0.25, 0.3) is 5.91 Å². The van der Waals surface area contributed by atoms with Crippen molar-refractivity contribution in [1.29, 1.82) is 0 Å². The predicted octanol–water partition coefficient (Wildman–Crippen LogP) is 3.41. The molecule has 0 bridgehead atoms. The van der Waals surface area contributed by atoms with Crippen molar-refractivity contribution in [1.82, 2.24) is 9.88 Å². The molecular formula is C10H9Cl2F3N2O. The molecule has 0 aliphatic heterocycles. The fraction of sp³-hybridized carbons (Fsp3) is 0.400. The molecule has 0 aliphatic rings. The maximum Gasteiger partial charge on any atom is 0.390 e. The first-order valence-electron chi connectivity index (χ1n) is 4.84. The minimum absolute atomic E-state index is 0.0290. The molecule has 0 fully saturated rings. The summed E-state index contributed by atoms with van der Waals surface area (Å²) in [6.45, 7) is -0.446. The second-order valence-electron chi connectivity index (χ2n) is 3.58. The van der Waals surface area contributed by atoms with Crippen LogP contribution < -0.4 is 0 Å². The number of alkyl halides is 3. The molecule has 1 rings (SSSR count). The molecule has 0 spiro atoms. The van der Waals surface area contributed by atoms with Crippen LogP contribution >= 0.6 is 23.2 Å². The molecule has 1 amide bonds. The Hall–Kier alpha value is -1.01. The highest BCUT2D eigenvalue weighted by molar-refractivity contribution is 6.35. The van der Waals surface area contributed by atoms with Gasteiger partial charge in [0.2, 0.25) is 0 Å². The summed E-state index contributed by atoms with van der Waals surface area (Å²) >= 11 is 11.3. The van der Waals surface area contributed by atoms with Crippen molar-refractivity contribution in [2.45, 2.75) is 12.6 Å². The van der Waals surface area contributed by atoms with Crippen molar-refractivity contribution in [2.24, 2.45) is 0 Å². The highest BCUT2D eigenvalue weighted by Gasteiger charge is 2.28. The lowest BCUT2D eigenvalue weighted by Crippen LogP contribution is -2.30. The van der Waals surface area contributed by atoms with Gasteiger partial charge >= 0.3 is 6.18 Å². The summed E-state index contributed by atoms with van der Waals surface area (Å²) in [4.78, 5) is 16.4. The Morgan fingerprint density at radius 2 is 2.06 bits per heavy atom. The van der Waals surface area contributed by atoms with Gasteiger partial charge in [-0.15, -0.1) is 0 Å². The van der Waals surface area contributed by atoms with Gasteiger partial charge in [0.05, 0.1) is 17.0 Å². The quantitative estimate of drug-likeness (QED) is 0.802. The van der Waals surface area contributed by atoms with Crippen molar-refractivity contribution < 1.29 is 18.0 Å². The zero-order chi connectivity index (χ0) is 13.9. The Balaban J connectivity index is 2.77. The van der Waals surface area contributed by atoms with Crippen LogP contribution in [0.1, 0.15) is 16.8 Å². The maximum atomic E-state index is 12.0. The average molecular weight is 301 g/mol. The number of carbonyl (C=O) groups excluding carboxylic acids is 1. The Kier molecular flexibility index (Phi) is 4.81. The topological polar surface area (TPSA) is 33.2 Å². The van der Waals surface area contributed by atoms with Crippen LogP contribution in [0.5, 0.6) is 0 Å². The third kappa shape index (κ3) is 4.34. The van der Waals surface area contributed by atoms with Gasteiger partial charge in [0.15, 0.2) is 0 Å². The van der Waals surface area contributed by atoms with E-state index in [0.29, 0.717) is 0 Å². The van der Waals surface area contributed by atoms with Gasteiger partial charge in [-0.1, -0.05) is 23.2 Å². The highest BCUT2D eigenvalue weighted by Crippen LogP contribution is 2.22. The molecule has 0 atom stereocenters. The third-order valence-corrected chi connectivity index (χ3v) is 2.64. The molecule has 0 aliphatic carbocycles. The standard InChI is InChI=1S/C10H9Cl2F3N2O/c1-17(3-2-10(13,14)15)9(18)6-4-8(12)16-5-7(6)11/h4-5H,2-3H2,1H3. The van der Waals surface area contributed by atoms with Crippen molar-refractivity contribution in [3.05, 3.63) is 28.0 Å². The molecule has 0 N–H and O–H groups in total. The van der Waals surface area contributed by atoms with E-state index in [1.807, 2.05) is 0 Å². The van der Waals surface area contributed by atoms with Gasteiger partial charge < -0.3 is 4.90 Å². The molecule has 0 aromatic carbocycles. The van der Waals surface area contributed by atoms with E-state index in [9.17, 15) is 18.0 Å². The second-order valence-corrected chi connectivity index (χ2v) is 4.37. The summed E-state index contributed by atoms with van der Waals surface area (Å²) < 4.78 is 36.1. The van der Waals surface area contributed by atoms with E-state index in [4.69, 9.17) is 23.2 Å². The molecule has 3 nitrogen and oxygen atoms in total. The second kappa shape index (κ2) is 5.75. The van der Waals surface area contributed by atoms with E-state index >= 15 is 0 Å². The van der Waals surface area contributed by atoms with Crippen LogP contribution in [0.2, 0.25) is 10.2 Å². The van der Waals surface area contributed by atoms with Crippen LogP contribution in [0.3, 0.4) is 0 Å². The Bertz CT molecular complexity index is 451. The molecule has 0 unspecified atom stereocenters. The summed E-state index contributed by atoms with van der Waals surface area (Å²) in [5.74, 6) is -0.631. The van der Waals surface area contributed by atoms with Gasteiger partial charge in [0.1, 0.15) is 5.15 Å². The molecule has 0 radical (unpaired) electrons. The van der Waals surface area contributed by atoms with Crippen LogP contribution in [0.4, 0.5) is 13.2 Å². The minimum Gasteiger partial charge on any atom is -0.341 e. The predicted molar refractivity (Wildman–Crippen MR) is 61.9 cm³/mol. The Morgan fingerprint density at radius 3 is 2.61 bits per heavy atom. The van der Waals surface area contributed by atoms with Gasteiger partial charge in [-0.05, 0) is 6.07 Å². The summed E-state index contributed by atoms with van der Waals surface area (Å²) in [5.41, 5.74) is 0.0290. The first-order chi connectivity index (χ1) is 8.20.